The summed E-state index contributed by atoms with van der Waals surface area (Å²) in [6.07, 6.45) is 4.08. The lowest BCUT2D eigenvalue weighted by Crippen LogP contribution is -2.29. The lowest BCUT2D eigenvalue weighted by atomic mass is 9.94. The van der Waals surface area contributed by atoms with E-state index < -0.39 is 17.7 Å². The molecule has 0 bridgehead atoms. The Morgan fingerprint density at radius 2 is 2.03 bits per heavy atom. The number of rotatable bonds is 6. The van der Waals surface area contributed by atoms with E-state index in [1.54, 1.807) is 30.6 Å². The molecule has 7 heteroatoms. The summed E-state index contributed by atoms with van der Waals surface area (Å²) in [5.74, 6) is -0.192. The molecule has 0 spiro atoms. The zero-order valence-electron chi connectivity index (χ0n) is 19.6. The molecule has 0 aliphatic carbocycles. The van der Waals surface area contributed by atoms with Crippen LogP contribution in [0.4, 0.5) is 0 Å². The second-order valence-corrected chi connectivity index (χ2v) is 8.75. The molecule has 3 aromatic rings. The molecule has 2 atom stereocenters. The van der Waals surface area contributed by atoms with Gasteiger partial charge < -0.3 is 19.5 Å². The van der Waals surface area contributed by atoms with Crippen LogP contribution in [0.5, 0.6) is 11.5 Å². The van der Waals surface area contributed by atoms with Crippen molar-refractivity contribution in [3.05, 3.63) is 94.8 Å². The highest BCUT2D eigenvalue weighted by Gasteiger charge is 2.46. The lowest BCUT2D eigenvalue weighted by molar-refractivity contribution is -0.140. The van der Waals surface area contributed by atoms with Crippen molar-refractivity contribution in [2.45, 2.75) is 39.0 Å². The van der Waals surface area contributed by atoms with Crippen molar-refractivity contribution in [1.82, 2.24) is 9.88 Å². The monoisotopic (exact) mass is 470 g/mol. The molecule has 0 radical (unpaired) electrons. The fourth-order valence-electron chi connectivity index (χ4n) is 4.74. The van der Waals surface area contributed by atoms with Gasteiger partial charge in [-0.15, -0.1) is 0 Å². The molecule has 35 heavy (non-hydrogen) atoms. The molecular formula is C28H26N2O5. The van der Waals surface area contributed by atoms with Gasteiger partial charge in [0.25, 0.3) is 11.7 Å². The number of aliphatic hydroxyl groups excluding tert-OH is 1. The smallest absolute Gasteiger partial charge is 0.295 e. The van der Waals surface area contributed by atoms with Gasteiger partial charge in [0, 0.05) is 30.9 Å². The highest BCUT2D eigenvalue weighted by Crippen LogP contribution is 2.42. The van der Waals surface area contributed by atoms with Crippen LogP contribution in [0.1, 0.15) is 42.1 Å². The van der Waals surface area contributed by atoms with Crippen LogP contribution in [0.3, 0.4) is 0 Å². The van der Waals surface area contributed by atoms with Crippen LogP contribution in [0.25, 0.3) is 5.76 Å². The van der Waals surface area contributed by atoms with Gasteiger partial charge >= 0.3 is 0 Å². The Morgan fingerprint density at radius 1 is 1.17 bits per heavy atom. The van der Waals surface area contributed by atoms with Gasteiger partial charge in [-0.2, -0.15) is 0 Å². The van der Waals surface area contributed by atoms with Gasteiger partial charge in [-0.25, -0.2) is 0 Å². The van der Waals surface area contributed by atoms with Crippen LogP contribution in [-0.4, -0.2) is 39.4 Å². The number of likely N-dealkylation sites (tertiary alicyclic amines) is 1. The predicted molar refractivity (Wildman–Crippen MR) is 130 cm³/mol. The summed E-state index contributed by atoms with van der Waals surface area (Å²) in [6, 6.07) is 15.5. The maximum atomic E-state index is 13.3. The van der Waals surface area contributed by atoms with Crippen LogP contribution in [-0.2, 0) is 22.6 Å². The largest absolute Gasteiger partial charge is 0.507 e. The lowest BCUT2D eigenvalue weighted by Gasteiger charge is -2.25. The van der Waals surface area contributed by atoms with Crippen LogP contribution in [0, 0.1) is 0 Å². The summed E-state index contributed by atoms with van der Waals surface area (Å²) < 4.78 is 11.4. The third kappa shape index (κ3) is 4.25. The van der Waals surface area contributed by atoms with Gasteiger partial charge in [0.15, 0.2) is 0 Å². The zero-order chi connectivity index (χ0) is 24.5. The average molecular weight is 471 g/mol. The maximum absolute atomic E-state index is 13.3. The number of carbonyl (C=O) groups is 2. The highest BCUT2D eigenvalue weighted by atomic mass is 16.5. The summed E-state index contributed by atoms with van der Waals surface area (Å²) in [7, 11) is 0. The van der Waals surface area contributed by atoms with E-state index in [0.29, 0.717) is 29.9 Å². The maximum Gasteiger partial charge on any atom is 0.295 e. The first-order valence-electron chi connectivity index (χ1n) is 11.7. The molecule has 178 valence electrons. The number of fused-ring (bicyclic) bond motifs is 1. The van der Waals surface area contributed by atoms with Crippen LogP contribution >= 0.6 is 0 Å². The van der Waals surface area contributed by atoms with Gasteiger partial charge in [-0.3, -0.25) is 14.6 Å². The number of hydrogen-bond acceptors (Lipinski definition) is 6. The number of benzene rings is 2. The number of hydrogen-bond donors (Lipinski definition) is 1. The number of Topliss-reactive ketones (excluding diaryl/α,β-unsaturated/α-hetero) is 1. The standard InChI is InChI=1S/C28H26N2O5/c1-3-34-22-8-4-7-19(14-22)25-24(26(31)20-9-10-23-21(13-20)12-17(2)35-23)27(32)28(33)30(25)16-18-6-5-11-29-15-18/h4-11,13-15,17,25,31H,3,12,16H2,1-2H3/t17-,25-/m0/s1. The van der Waals surface area contributed by atoms with E-state index in [-0.39, 0.29) is 24.0 Å². The second kappa shape index (κ2) is 9.25. The summed E-state index contributed by atoms with van der Waals surface area (Å²) in [4.78, 5) is 32.2. The molecule has 1 aromatic heterocycles. The molecule has 1 N–H and O–H groups in total. The number of aliphatic hydroxyl groups is 1. The molecule has 7 nitrogen and oxygen atoms in total. The minimum absolute atomic E-state index is 0.0498. The normalized spacial score (nSPS) is 20.6. The molecule has 0 saturated carbocycles. The Hall–Kier alpha value is -4.13. The number of aromatic nitrogens is 1. The van der Waals surface area contributed by atoms with E-state index in [9.17, 15) is 14.7 Å². The van der Waals surface area contributed by atoms with Crippen molar-refractivity contribution in [1.29, 1.82) is 0 Å². The predicted octanol–water partition coefficient (Wildman–Crippen LogP) is 4.43. The van der Waals surface area contributed by atoms with E-state index in [2.05, 4.69) is 4.98 Å². The Kier molecular flexibility index (Phi) is 5.99. The zero-order valence-corrected chi connectivity index (χ0v) is 19.6. The van der Waals surface area contributed by atoms with Crippen molar-refractivity contribution in [2.75, 3.05) is 6.61 Å². The Morgan fingerprint density at radius 3 is 2.80 bits per heavy atom. The van der Waals surface area contributed by atoms with Crippen molar-refractivity contribution in [2.24, 2.45) is 0 Å². The third-order valence-electron chi connectivity index (χ3n) is 6.27. The van der Waals surface area contributed by atoms with E-state index in [4.69, 9.17) is 9.47 Å². The van der Waals surface area contributed by atoms with E-state index in [1.807, 2.05) is 50.2 Å². The Balaban J connectivity index is 1.63. The van der Waals surface area contributed by atoms with Gasteiger partial charge in [0.1, 0.15) is 23.4 Å². The summed E-state index contributed by atoms with van der Waals surface area (Å²) in [6.45, 7) is 4.53. The fourth-order valence-corrected chi connectivity index (χ4v) is 4.74. The van der Waals surface area contributed by atoms with Crippen LogP contribution in [0.2, 0.25) is 0 Å². The van der Waals surface area contributed by atoms with Gasteiger partial charge in [-0.1, -0.05) is 18.2 Å². The molecule has 5 rings (SSSR count). The highest BCUT2D eigenvalue weighted by molar-refractivity contribution is 6.46. The summed E-state index contributed by atoms with van der Waals surface area (Å²) in [5.41, 5.74) is 2.95. The van der Waals surface area contributed by atoms with Crippen LogP contribution in [0.15, 0.2) is 72.6 Å². The summed E-state index contributed by atoms with van der Waals surface area (Å²) in [5, 5.41) is 11.4. The molecule has 1 fully saturated rings. The van der Waals surface area contributed by atoms with Crippen molar-refractivity contribution >= 4 is 17.4 Å². The Bertz CT molecular complexity index is 1320. The topological polar surface area (TPSA) is 89.0 Å². The first-order valence-corrected chi connectivity index (χ1v) is 11.7. The molecule has 0 unspecified atom stereocenters. The summed E-state index contributed by atoms with van der Waals surface area (Å²) >= 11 is 0. The number of carbonyl (C=O) groups excluding carboxylic acids is 2. The number of nitrogens with zero attached hydrogens (tertiary/aromatic N) is 2. The SMILES string of the molecule is CCOc1cccc([C@H]2C(=C(O)c3ccc4c(c3)C[C@H](C)O4)C(=O)C(=O)N2Cc2cccnc2)c1. The van der Waals surface area contributed by atoms with Crippen LogP contribution < -0.4 is 9.47 Å². The second-order valence-electron chi connectivity index (χ2n) is 8.75. The van der Waals surface area contributed by atoms with Gasteiger partial charge in [0.05, 0.1) is 18.2 Å². The molecule has 1 saturated heterocycles. The first-order chi connectivity index (χ1) is 17.0. The average Bonchev–Trinajstić information content (AvgIpc) is 3.35. The molecule has 1 amide bonds. The number of ether oxygens (including phenoxy) is 2. The number of amides is 1. The quantitative estimate of drug-likeness (QED) is 0.326. The minimum atomic E-state index is -0.779. The van der Waals surface area contributed by atoms with Gasteiger partial charge in [0.2, 0.25) is 0 Å². The van der Waals surface area contributed by atoms with Crippen molar-refractivity contribution in [3.63, 3.8) is 0 Å². The van der Waals surface area contributed by atoms with E-state index >= 15 is 0 Å². The van der Waals surface area contributed by atoms with Gasteiger partial charge in [-0.05, 0) is 66.9 Å². The fraction of sp³-hybridized carbons (Fsp3) is 0.250. The van der Waals surface area contributed by atoms with E-state index in [0.717, 1.165) is 16.9 Å². The molecule has 3 heterocycles. The number of ketones is 1. The van der Waals surface area contributed by atoms with E-state index in [1.165, 1.54) is 4.90 Å². The minimum Gasteiger partial charge on any atom is -0.507 e. The number of pyridine rings is 1. The molecule has 2 aromatic carbocycles. The third-order valence-corrected chi connectivity index (χ3v) is 6.27. The molecule has 2 aliphatic heterocycles. The Labute approximate surface area is 203 Å². The van der Waals surface area contributed by atoms with Crippen molar-refractivity contribution < 1.29 is 24.2 Å². The molecule has 2 aliphatic rings. The van der Waals surface area contributed by atoms with Crippen molar-refractivity contribution in [3.8, 4) is 11.5 Å². The molecular weight excluding hydrogens is 444 g/mol. The first kappa shape index (κ1) is 22.7.